The van der Waals surface area contributed by atoms with E-state index < -0.39 is 5.91 Å². The molecule has 0 bridgehead atoms. The smallest absolute Gasteiger partial charge is 0.262 e. The van der Waals surface area contributed by atoms with Crippen molar-refractivity contribution in [2.24, 2.45) is 0 Å². The van der Waals surface area contributed by atoms with Crippen LogP contribution >= 0.6 is 0 Å². The maximum absolute atomic E-state index is 12.8. The molecule has 4 aromatic rings. The number of ether oxygens (including phenoxy) is 2. The van der Waals surface area contributed by atoms with Gasteiger partial charge in [-0.05, 0) is 42.3 Å². The molecule has 3 N–H and O–H groups in total. The number of benzene rings is 3. The molecule has 8 nitrogen and oxygen atoms in total. The number of fused-ring (bicyclic) bond motifs is 1. The number of nitrogens with one attached hydrogen (secondary N) is 3. The molecule has 0 spiro atoms. The van der Waals surface area contributed by atoms with Crippen LogP contribution in [-0.2, 0) is 16.0 Å². The molecule has 0 aliphatic carbocycles. The predicted octanol–water partition coefficient (Wildman–Crippen LogP) is 4.46. The molecule has 1 heterocycles. The summed E-state index contributed by atoms with van der Waals surface area (Å²) in [5.41, 5.74) is 3.10. The lowest BCUT2D eigenvalue weighted by Gasteiger charge is -2.14. The number of carbonyl (C=O) groups excluding carboxylic acids is 2. The van der Waals surface area contributed by atoms with E-state index in [1.54, 1.807) is 30.3 Å². The standard InChI is InChI=1S/C29H26N4O4/c1-36-26-13-7-8-20(28(26)37-19-27(34)33-23-9-3-2-4-10-23)16-22(17-30)29(35)31-15-14-21-18-32-25-12-6-5-11-24(21)25/h2-13,16,18,32H,14-15,19H2,1H3,(H,31,35)(H,33,34)/b22-16-. The van der Waals surface area contributed by atoms with E-state index in [1.807, 2.05) is 54.7 Å². The Bertz CT molecular complexity index is 1470. The summed E-state index contributed by atoms with van der Waals surface area (Å²) in [6, 6.07) is 24.0. The largest absolute Gasteiger partial charge is 0.493 e. The molecule has 3 aromatic carbocycles. The molecule has 37 heavy (non-hydrogen) atoms. The van der Waals surface area contributed by atoms with Crippen molar-refractivity contribution in [2.75, 3.05) is 25.6 Å². The summed E-state index contributed by atoms with van der Waals surface area (Å²) in [5.74, 6) is -0.230. The van der Waals surface area contributed by atoms with Crippen molar-refractivity contribution in [2.45, 2.75) is 6.42 Å². The molecule has 0 saturated heterocycles. The molecule has 0 aliphatic rings. The van der Waals surface area contributed by atoms with Crippen LogP contribution in [0.5, 0.6) is 11.5 Å². The fourth-order valence-electron chi connectivity index (χ4n) is 3.87. The summed E-state index contributed by atoms with van der Waals surface area (Å²) in [6.45, 7) is 0.0790. The number of nitrogens with zero attached hydrogens (tertiary/aromatic N) is 1. The number of anilines is 1. The first-order chi connectivity index (χ1) is 18.1. The average Bonchev–Trinajstić information content (AvgIpc) is 3.34. The van der Waals surface area contributed by atoms with Gasteiger partial charge in [0.1, 0.15) is 11.6 Å². The summed E-state index contributed by atoms with van der Waals surface area (Å²) in [4.78, 5) is 28.3. The maximum Gasteiger partial charge on any atom is 0.262 e. The van der Waals surface area contributed by atoms with E-state index in [1.165, 1.54) is 13.2 Å². The van der Waals surface area contributed by atoms with Gasteiger partial charge >= 0.3 is 0 Å². The minimum atomic E-state index is -0.502. The van der Waals surface area contributed by atoms with E-state index >= 15 is 0 Å². The summed E-state index contributed by atoms with van der Waals surface area (Å²) in [6.07, 6.45) is 3.96. The van der Waals surface area contributed by atoms with Crippen molar-refractivity contribution < 1.29 is 19.1 Å². The average molecular weight is 495 g/mol. The van der Waals surface area contributed by atoms with Gasteiger partial charge < -0.3 is 25.1 Å². The van der Waals surface area contributed by atoms with Crippen molar-refractivity contribution >= 4 is 34.5 Å². The van der Waals surface area contributed by atoms with Crippen LogP contribution in [0.3, 0.4) is 0 Å². The van der Waals surface area contributed by atoms with Crippen LogP contribution in [0.4, 0.5) is 5.69 Å². The number of rotatable bonds is 10. The number of H-pyrrole nitrogens is 1. The van der Waals surface area contributed by atoms with Gasteiger partial charge in [-0.15, -0.1) is 0 Å². The Kier molecular flexibility index (Phi) is 8.19. The zero-order chi connectivity index (χ0) is 26.0. The Morgan fingerprint density at radius 3 is 2.59 bits per heavy atom. The highest BCUT2D eigenvalue weighted by atomic mass is 16.5. The molecule has 1 aromatic heterocycles. The number of para-hydroxylation sites is 3. The quantitative estimate of drug-likeness (QED) is 0.222. The van der Waals surface area contributed by atoms with Gasteiger partial charge in [-0.1, -0.05) is 48.5 Å². The van der Waals surface area contributed by atoms with Crippen LogP contribution in [0.15, 0.2) is 84.6 Å². The normalized spacial score (nSPS) is 11.0. The van der Waals surface area contributed by atoms with Gasteiger partial charge in [0.05, 0.1) is 7.11 Å². The summed E-state index contributed by atoms with van der Waals surface area (Å²) < 4.78 is 11.1. The van der Waals surface area contributed by atoms with Gasteiger partial charge in [0.25, 0.3) is 11.8 Å². The van der Waals surface area contributed by atoms with Crippen molar-refractivity contribution in [1.29, 1.82) is 5.26 Å². The van der Waals surface area contributed by atoms with E-state index in [0.29, 0.717) is 30.0 Å². The number of aromatic amines is 1. The van der Waals surface area contributed by atoms with Crippen molar-refractivity contribution in [3.05, 3.63) is 95.7 Å². The molecule has 0 saturated carbocycles. The second-order valence-electron chi connectivity index (χ2n) is 8.12. The van der Waals surface area contributed by atoms with Crippen LogP contribution in [0, 0.1) is 11.3 Å². The van der Waals surface area contributed by atoms with E-state index in [-0.39, 0.29) is 23.8 Å². The van der Waals surface area contributed by atoms with E-state index in [2.05, 4.69) is 15.6 Å². The number of hydrogen-bond donors (Lipinski definition) is 3. The van der Waals surface area contributed by atoms with Crippen molar-refractivity contribution in [3.63, 3.8) is 0 Å². The summed E-state index contributed by atoms with van der Waals surface area (Å²) in [5, 5.41) is 16.3. The van der Waals surface area contributed by atoms with Crippen LogP contribution < -0.4 is 20.1 Å². The lowest BCUT2D eigenvalue weighted by Crippen LogP contribution is -2.26. The summed E-state index contributed by atoms with van der Waals surface area (Å²) >= 11 is 0. The Hall–Kier alpha value is -5.03. The SMILES string of the molecule is COc1cccc(/C=C(/C#N)C(=O)NCCc2c[nH]c3ccccc23)c1OCC(=O)Nc1ccccc1. The molecule has 4 rings (SSSR count). The first kappa shape index (κ1) is 25.1. The highest BCUT2D eigenvalue weighted by Gasteiger charge is 2.15. The topological polar surface area (TPSA) is 116 Å². The summed E-state index contributed by atoms with van der Waals surface area (Å²) in [7, 11) is 1.47. The molecule has 186 valence electrons. The van der Waals surface area contributed by atoms with Gasteiger partial charge in [0.15, 0.2) is 18.1 Å². The van der Waals surface area contributed by atoms with Crippen molar-refractivity contribution in [1.82, 2.24) is 10.3 Å². The highest BCUT2D eigenvalue weighted by molar-refractivity contribution is 6.02. The van der Waals surface area contributed by atoms with Crippen LogP contribution in [-0.4, -0.2) is 37.1 Å². The molecular weight excluding hydrogens is 468 g/mol. The second kappa shape index (κ2) is 12.1. The zero-order valence-corrected chi connectivity index (χ0v) is 20.3. The number of nitriles is 1. The fourth-order valence-corrected chi connectivity index (χ4v) is 3.87. The second-order valence-corrected chi connectivity index (χ2v) is 8.12. The minimum absolute atomic E-state index is 0.0919. The number of aromatic nitrogens is 1. The van der Waals surface area contributed by atoms with Gasteiger partial charge in [0.2, 0.25) is 0 Å². The van der Waals surface area contributed by atoms with Gasteiger partial charge in [-0.3, -0.25) is 9.59 Å². The van der Waals surface area contributed by atoms with E-state index in [9.17, 15) is 14.9 Å². The molecule has 0 radical (unpaired) electrons. The zero-order valence-electron chi connectivity index (χ0n) is 20.3. The first-order valence-corrected chi connectivity index (χ1v) is 11.7. The Morgan fingerprint density at radius 1 is 1.03 bits per heavy atom. The van der Waals surface area contributed by atoms with Crippen LogP contribution in [0.25, 0.3) is 17.0 Å². The highest BCUT2D eigenvalue weighted by Crippen LogP contribution is 2.32. The number of methoxy groups -OCH3 is 1. The molecule has 0 atom stereocenters. The van der Waals surface area contributed by atoms with Gasteiger partial charge in [0, 0.05) is 34.9 Å². The third kappa shape index (κ3) is 6.35. The minimum Gasteiger partial charge on any atom is -0.493 e. The van der Waals surface area contributed by atoms with Crippen LogP contribution in [0.1, 0.15) is 11.1 Å². The molecular formula is C29H26N4O4. The third-order valence-corrected chi connectivity index (χ3v) is 5.65. The third-order valence-electron chi connectivity index (χ3n) is 5.65. The van der Waals surface area contributed by atoms with E-state index in [0.717, 1.165) is 16.5 Å². The lowest BCUT2D eigenvalue weighted by molar-refractivity contribution is -0.118. The monoisotopic (exact) mass is 494 g/mol. The Balaban J connectivity index is 1.43. The molecule has 0 fully saturated rings. The van der Waals surface area contributed by atoms with Gasteiger partial charge in [-0.25, -0.2) is 0 Å². The fraction of sp³-hybridized carbons (Fsp3) is 0.138. The van der Waals surface area contributed by atoms with Gasteiger partial charge in [-0.2, -0.15) is 5.26 Å². The number of amides is 2. The Morgan fingerprint density at radius 2 is 1.81 bits per heavy atom. The number of carbonyl (C=O) groups is 2. The molecule has 2 amide bonds. The molecule has 8 heteroatoms. The first-order valence-electron chi connectivity index (χ1n) is 11.7. The van der Waals surface area contributed by atoms with E-state index in [4.69, 9.17) is 9.47 Å². The van der Waals surface area contributed by atoms with Crippen LogP contribution in [0.2, 0.25) is 0 Å². The molecule has 0 unspecified atom stereocenters. The van der Waals surface area contributed by atoms with Crippen molar-refractivity contribution in [3.8, 4) is 17.6 Å². The Labute approximate surface area is 214 Å². The maximum atomic E-state index is 12.8. The number of hydrogen-bond acceptors (Lipinski definition) is 5. The predicted molar refractivity (Wildman–Crippen MR) is 142 cm³/mol. The molecule has 0 aliphatic heterocycles. The lowest BCUT2D eigenvalue weighted by atomic mass is 10.1.